The number of oxime groups is 1. The Hall–Kier alpha value is -2.90. The number of aromatic nitrogens is 1. The number of rotatable bonds is 11. The SMILES string of the molecule is COC(ON1C(=O)[C@@H](CC(=O)/C(=N\OCC(=O)O)c2csc(N)n2)C1(C)C)C(C)=O. The van der Waals surface area contributed by atoms with Crippen LogP contribution in [0.15, 0.2) is 10.5 Å². The van der Waals surface area contributed by atoms with E-state index >= 15 is 0 Å². The van der Waals surface area contributed by atoms with Gasteiger partial charge in [-0.25, -0.2) is 19.7 Å². The number of hydrogen-bond acceptors (Lipinski definition) is 11. The summed E-state index contributed by atoms with van der Waals surface area (Å²) < 4.78 is 4.90. The minimum Gasteiger partial charge on any atom is -0.479 e. The summed E-state index contributed by atoms with van der Waals surface area (Å²) in [7, 11) is 1.27. The number of nitrogens with zero attached hydrogens (tertiary/aromatic N) is 3. The van der Waals surface area contributed by atoms with Gasteiger partial charge in [-0.1, -0.05) is 5.16 Å². The maximum atomic E-state index is 12.8. The second kappa shape index (κ2) is 9.28. The van der Waals surface area contributed by atoms with Crippen LogP contribution in [0.4, 0.5) is 5.13 Å². The molecular formula is C17H22N4O8S. The van der Waals surface area contributed by atoms with Gasteiger partial charge in [0.25, 0.3) is 5.91 Å². The highest BCUT2D eigenvalue weighted by Crippen LogP contribution is 2.40. The van der Waals surface area contributed by atoms with Crippen LogP contribution in [0.2, 0.25) is 0 Å². The molecule has 0 radical (unpaired) electrons. The molecule has 1 unspecified atom stereocenters. The predicted octanol–water partition coefficient (Wildman–Crippen LogP) is 0.220. The zero-order chi connectivity index (χ0) is 22.6. The zero-order valence-electron chi connectivity index (χ0n) is 16.8. The first kappa shape index (κ1) is 23.4. The lowest BCUT2D eigenvalue weighted by molar-refractivity contribution is -0.316. The topological polar surface area (TPSA) is 171 Å². The molecule has 2 heterocycles. The van der Waals surface area contributed by atoms with E-state index in [1.165, 1.54) is 19.4 Å². The maximum absolute atomic E-state index is 12.8. The Kier molecular flexibility index (Phi) is 7.23. The van der Waals surface area contributed by atoms with E-state index in [0.29, 0.717) is 0 Å². The molecule has 1 amide bonds. The van der Waals surface area contributed by atoms with Gasteiger partial charge in [-0.3, -0.25) is 14.4 Å². The number of hydroxylamine groups is 2. The molecule has 1 aliphatic heterocycles. The van der Waals surface area contributed by atoms with Crippen LogP contribution in [0.3, 0.4) is 0 Å². The first-order chi connectivity index (χ1) is 14.0. The van der Waals surface area contributed by atoms with E-state index in [0.717, 1.165) is 16.4 Å². The number of ether oxygens (including phenoxy) is 1. The summed E-state index contributed by atoms with van der Waals surface area (Å²) in [5.74, 6) is -3.58. The van der Waals surface area contributed by atoms with E-state index in [2.05, 4.69) is 15.0 Å². The van der Waals surface area contributed by atoms with Crippen molar-refractivity contribution in [2.75, 3.05) is 19.5 Å². The number of carboxylic acid groups (broad SMARTS) is 1. The third-order valence-electron chi connectivity index (χ3n) is 4.38. The summed E-state index contributed by atoms with van der Waals surface area (Å²) in [5.41, 5.74) is 4.53. The van der Waals surface area contributed by atoms with Crippen molar-refractivity contribution in [3.63, 3.8) is 0 Å². The number of Topliss-reactive ketones (excluding diaryl/α,β-unsaturated/α-hetero) is 2. The van der Waals surface area contributed by atoms with Gasteiger partial charge < -0.3 is 20.4 Å². The van der Waals surface area contributed by atoms with Gasteiger partial charge >= 0.3 is 5.97 Å². The number of ketones is 2. The summed E-state index contributed by atoms with van der Waals surface area (Å²) in [4.78, 5) is 61.5. The number of nitrogen functional groups attached to an aromatic ring is 1. The zero-order valence-corrected chi connectivity index (χ0v) is 17.6. The number of anilines is 1. The van der Waals surface area contributed by atoms with Crippen LogP contribution in [0.5, 0.6) is 0 Å². The van der Waals surface area contributed by atoms with Crippen molar-refractivity contribution in [1.82, 2.24) is 10.0 Å². The van der Waals surface area contributed by atoms with Crippen molar-refractivity contribution in [3.05, 3.63) is 11.1 Å². The second-order valence-electron chi connectivity index (χ2n) is 6.93. The molecule has 13 heteroatoms. The second-order valence-corrected chi connectivity index (χ2v) is 7.82. The summed E-state index contributed by atoms with van der Waals surface area (Å²) in [6.07, 6.45) is -1.51. The van der Waals surface area contributed by atoms with Crippen molar-refractivity contribution >= 4 is 45.6 Å². The minimum atomic E-state index is -1.27. The average molecular weight is 442 g/mol. The van der Waals surface area contributed by atoms with Crippen LogP contribution < -0.4 is 5.73 Å². The van der Waals surface area contributed by atoms with Gasteiger partial charge in [-0.05, 0) is 20.8 Å². The Balaban J connectivity index is 2.16. The molecule has 0 bridgehead atoms. The van der Waals surface area contributed by atoms with Crippen LogP contribution in [0, 0.1) is 5.92 Å². The largest absolute Gasteiger partial charge is 0.479 e. The molecule has 1 aromatic rings. The Morgan fingerprint density at radius 2 is 2.10 bits per heavy atom. The van der Waals surface area contributed by atoms with Crippen LogP contribution in [-0.4, -0.2) is 69.9 Å². The van der Waals surface area contributed by atoms with Gasteiger partial charge in [0.1, 0.15) is 5.69 Å². The number of methoxy groups -OCH3 is 1. The number of carbonyl (C=O) groups excluding carboxylic acids is 3. The Labute approximate surface area is 175 Å². The molecule has 0 aliphatic carbocycles. The van der Waals surface area contributed by atoms with Crippen LogP contribution in [0.1, 0.15) is 32.9 Å². The lowest BCUT2D eigenvalue weighted by Crippen LogP contribution is -2.69. The smallest absolute Gasteiger partial charge is 0.344 e. The fourth-order valence-electron chi connectivity index (χ4n) is 2.78. The number of thiazole rings is 1. The van der Waals surface area contributed by atoms with Crippen molar-refractivity contribution in [1.29, 1.82) is 0 Å². The van der Waals surface area contributed by atoms with Crippen LogP contribution >= 0.6 is 11.3 Å². The highest BCUT2D eigenvalue weighted by molar-refractivity contribution is 7.13. The van der Waals surface area contributed by atoms with Crippen molar-refractivity contribution in [2.24, 2.45) is 11.1 Å². The third-order valence-corrected chi connectivity index (χ3v) is 5.06. The molecule has 1 fully saturated rings. The Morgan fingerprint density at radius 3 is 2.57 bits per heavy atom. The number of amides is 1. The van der Waals surface area contributed by atoms with E-state index in [-0.39, 0.29) is 23.0 Å². The fraction of sp³-hybridized carbons (Fsp3) is 0.529. The van der Waals surface area contributed by atoms with E-state index in [9.17, 15) is 19.2 Å². The maximum Gasteiger partial charge on any atom is 0.344 e. The monoisotopic (exact) mass is 442 g/mol. The number of carboxylic acids is 1. The molecule has 2 atom stereocenters. The van der Waals surface area contributed by atoms with Gasteiger partial charge in [-0.15, -0.1) is 11.3 Å². The molecule has 1 aliphatic rings. The normalized spacial score (nSPS) is 19.2. The number of carbonyl (C=O) groups is 4. The van der Waals surface area contributed by atoms with Crippen molar-refractivity contribution in [3.8, 4) is 0 Å². The molecule has 0 aromatic carbocycles. The van der Waals surface area contributed by atoms with Gasteiger partial charge in [0.2, 0.25) is 12.9 Å². The molecule has 1 aromatic heterocycles. The summed E-state index contributed by atoms with van der Waals surface area (Å²) in [5, 5.41) is 14.9. The molecule has 3 N–H and O–H groups in total. The van der Waals surface area contributed by atoms with E-state index < -0.39 is 47.8 Å². The van der Waals surface area contributed by atoms with Crippen molar-refractivity contribution < 1.29 is 38.7 Å². The molecular weight excluding hydrogens is 420 g/mol. The van der Waals surface area contributed by atoms with Gasteiger partial charge in [0.05, 0.1) is 11.5 Å². The minimum absolute atomic E-state index is 0.113. The van der Waals surface area contributed by atoms with Crippen molar-refractivity contribution in [2.45, 2.75) is 39.0 Å². The van der Waals surface area contributed by atoms with E-state index in [4.69, 9.17) is 20.4 Å². The number of nitrogens with two attached hydrogens (primary N) is 1. The number of hydrogen-bond donors (Lipinski definition) is 2. The molecule has 0 saturated carbocycles. The van der Waals surface area contributed by atoms with Crippen LogP contribution in [0.25, 0.3) is 0 Å². The highest BCUT2D eigenvalue weighted by Gasteiger charge is 2.57. The highest BCUT2D eigenvalue weighted by atomic mass is 32.1. The van der Waals surface area contributed by atoms with Crippen LogP contribution in [-0.2, 0) is 33.6 Å². The van der Waals surface area contributed by atoms with Gasteiger partial charge in [-0.2, -0.15) is 0 Å². The van der Waals surface area contributed by atoms with Gasteiger partial charge in [0.15, 0.2) is 22.4 Å². The van der Waals surface area contributed by atoms with E-state index in [1.54, 1.807) is 13.8 Å². The Morgan fingerprint density at radius 1 is 1.43 bits per heavy atom. The number of β-lactam (4-membered cyclic amide) rings is 1. The summed E-state index contributed by atoms with van der Waals surface area (Å²) in [6.45, 7) is 3.83. The molecule has 30 heavy (non-hydrogen) atoms. The Bertz CT molecular complexity index is 881. The standard InChI is InChI=1S/C17H22N4O8S/c1-8(22)15(27-4)29-21-14(26)9(17(21,2)3)5-11(23)13(20-28-6-12(24)25)10-7-30-16(18)19-10/h7,9,15H,5-6H2,1-4H3,(H2,18,19)(H,24,25)/b20-13-/t9-,15?/m1/s1. The number of aliphatic carboxylic acids is 1. The quantitative estimate of drug-likeness (QED) is 0.209. The lowest BCUT2D eigenvalue weighted by atomic mass is 9.74. The molecule has 164 valence electrons. The third kappa shape index (κ3) is 4.98. The lowest BCUT2D eigenvalue weighted by Gasteiger charge is -2.52. The molecule has 1 saturated heterocycles. The summed E-state index contributed by atoms with van der Waals surface area (Å²) in [6, 6.07) is 0. The fourth-order valence-corrected chi connectivity index (χ4v) is 3.33. The molecule has 12 nitrogen and oxygen atoms in total. The van der Waals surface area contributed by atoms with Gasteiger partial charge in [0, 0.05) is 18.9 Å². The first-order valence-corrected chi connectivity index (χ1v) is 9.57. The first-order valence-electron chi connectivity index (χ1n) is 8.69. The average Bonchev–Trinajstić information content (AvgIpc) is 3.08. The molecule has 0 spiro atoms. The molecule has 2 rings (SSSR count). The van der Waals surface area contributed by atoms with E-state index in [1.807, 2.05) is 0 Å². The predicted molar refractivity (Wildman–Crippen MR) is 103 cm³/mol. The summed E-state index contributed by atoms with van der Waals surface area (Å²) >= 11 is 1.06.